The van der Waals surface area contributed by atoms with E-state index in [1.54, 1.807) is 17.7 Å². The Morgan fingerprint density at radius 2 is 2.29 bits per heavy atom. The number of unbranched alkanes of at least 4 members (excludes halogenated alkanes) is 2. The van der Waals surface area contributed by atoms with Crippen molar-refractivity contribution in [2.75, 3.05) is 11.9 Å². The van der Waals surface area contributed by atoms with Crippen LogP contribution in [0.1, 0.15) is 24.8 Å². The highest BCUT2D eigenvalue weighted by molar-refractivity contribution is 7.18. The molecule has 88 valence electrons. The van der Waals surface area contributed by atoms with Gasteiger partial charge >= 0.3 is 0 Å². The minimum Gasteiger partial charge on any atom is -0.369 e. The van der Waals surface area contributed by atoms with E-state index in [2.05, 4.69) is 33.5 Å². The van der Waals surface area contributed by atoms with Crippen LogP contribution in [-0.2, 0) is 0 Å². The predicted octanol–water partition coefficient (Wildman–Crippen LogP) is 3.22. The van der Waals surface area contributed by atoms with E-state index in [0.29, 0.717) is 0 Å². The molecule has 1 N–H and O–H groups in total. The molecule has 0 saturated carbocycles. The second kappa shape index (κ2) is 5.65. The van der Waals surface area contributed by atoms with Gasteiger partial charge in [-0.2, -0.15) is 0 Å². The van der Waals surface area contributed by atoms with Crippen LogP contribution in [0, 0.1) is 19.3 Å². The number of terminal acetylenes is 1. The first-order valence-corrected chi connectivity index (χ1v) is 6.57. The first-order valence-electron chi connectivity index (χ1n) is 5.69. The van der Waals surface area contributed by atoms with Crippen LogP contribution in [0.5, 0.6) is 0 Å². The molecule has 0 atom stereocenters. The van der Waals surface area contributed by atoms with Gasteiger partial charge in [-0.15, -0.1) is 23.7 Å². The van der Waals surface area contributed by atoms with Crippen LogP contribution in [0.4, 0.5) is 5.82 Å². The fraction of sp³-hybridized carbons (Fsp3) is 0.385. The van der Waals surface area contributed by atoms with Gasteiger partial charge in [0, 0.05) is 13.0 Å². The molecule has 2 heterocycles. The third-order valence-electron chi connectivity index (χ3n) is 2.57. The second-order valence-corrected chi connectivity index (χ2v) is 4.79. The third-order valence-corrected chi connectivity index (χ3v) is 3.67. The number of aromatic nitrogens is 2. The van der Waals surface area contributed by atoms with E-state index in [4.69, 9.17) is 6.42 Å². The maximum atomic E-state index is 5.21. The number of aryl methyl sites for hydroxylation is 1. The molecule has 0 unspecified atom stereocenters. The van der Waals surface area contributed by atoms with Crippen molar-refractivity contribution in [2.45, 2.75) is 26.2 Å². The summed E-state index contributed by atoms with van der Waals surface area (Å²) in [6, 6.07) is 0. The summed E-state index contributed by atoms with van der Waals surface area (Å²) in [7, 11) is 0. The molecule has 0 radical (unpaired) electrons. The van der Waals surface area contributed by atoms with Crippen molar-refractivity contribution in [1.82, 2.24) is 9.97 Å². The lowest BCUT2D eigenvalue weighted by atomic mass is 10.2. The first kappa shape index (κ1) is 11.9. The molecule has 0 amide bonds. The molecule has 0 aliphatic carbocycles. The quantitative estimate of drug-likeness (QED) is 0.649. The number of thiophene rings is 1. The van der Waals surface area contributed by atoms with Gasteiger partial charge in [0.2, 0.25) is 0 Å². The maximum Gasteiger partial charge on any atom is 0.147 e. The fourth-order valence-electron chi connectivity index (χ4n) is 1.65. The molecule has 2 aromatic heterocycles. The Hall–Kier alpha value is -1.60. The number of hydrogen-bond acceptors (Lipinski definition) is 4. The molecular weight excluding hydrogens is 230 g/mol. The van der Waals surface area contributed by atoms with Gasteiger partial charge in [-0.05, 0) is 30.7 Å². The highest BCUT2D eigenvalue weighted by Gasteiger charge is 2.06. The lowest BCUT2D eigenvalue weighted by Crippen LogP contribution is -2.03. The minimum absolute atomic E-state index is 0.846. The average molecular weight is 245 g/mol. The van der Waals surface area contributed by atoms with Crippen molar-refractivity contribution in [3.05, 3.63) is 17.3 Å². The van der Waals surface area contributed by atoms with E-state index in [-0.39, 0.29) is 0 Å². The summed E-state index contributed by atoms with van der Waals surface area (Å²) in [5.74, 6) is 3.59. The summed E-state index contributed by atoms with van der Waals surface area (Å²) in [6.45, 7) is 2.98. The van der Waals surface area contributed by atoms with Gasteiger partial charge in [0.1, 0.15) is 12.1 Å². The number of anilines is 1. The normalized spacial score (nSPS) is 10.4. The van der Waals surface area contributed by atoms with Crippen LogP contribution in [0.3, 0.4) is 0 Å². The lowest BCUT2D eigenvalue weighted by Gasteiger charge is -2.05. The molecular formula is C13H15N3S. The SMILES string of the molecule is C#CCCCCNc1ncnc2c(C)csc12. The second-order valence-electron chi connectivity index (χ2n) is 3.91. The topological polar surface area (TPSA) is 37.8 Å². The highest BCUT2D eigenvalue weighted by atomic mass is 32.1. The van der Waals surface area contributed by atoms with Gasteiger partial charge < -0.3 is 5.32 Å². The number of fused-ring (bicyclic) bond motifs is 1. The first-order chi connectivity index (χ1) is 8.33. The van der Waals surface area contributed by atoms with Gasteiger partial charge in [-0.25, -0.2) is 9.97 Å². The Balaban J connectivity index is 2.01. The van der Waals surface area contributed by atoms with Crippen molar-refractivity contribution in [2.24, 2.45) is 0 Å². The standard InChI is InChI=1S/C13H15N3S/c1-3-4-5-6-7-14-13-12-11(15-9-16-13)10(2)8-17-12/h1,8-9H,4-7H2,2H3,(H,14,15,16). The Morgan fingerprint density at radius 1 is 1.41 bits per heavy atom. The highest BCUT2D eigenvalue weighted by Crippen LogP contribution is 2.28. The number of nitrogens with one attached hydrogen (secondary N) is 1. The summed E-state index contributed by atoms with van der Waals surface area (Å²) in [5, 5.41) is 5.46. The van der Waals surface area contributed by atoms with E-state index in [1.165, 1.54) is 5.56 Å². The van der Waals surface area contributed by atoms with E-state index < -0.39 is 0 Å². The number of nitrogens with zero attached hydrogens (tertiary/aromatic N) is 2. The molecule has 0 aromatic carbocycles. The smallest absolute Gasteiger partial charge is 0.147 e. The Morgan fingerprint density at radius 3 is 3.12 bits per heavy atom. The van der Waals surface area contributed by atoms with E-state index in [1.807, 2.05) is 0 Å². The van der Waals surface area contributed by atoms with Gasteiger partial charge in [0.25, 0.3) is 0 Å². The van der Waals surface area contributed by atoms with Crippen molar-refractivity contribution in [3.63, 3.8) is 0 Å². The Kier molecular flexibility index (Phi) is 3.94. The summed E-state index contributed by atoms with van der Waals surface area (Å²) in [5.41, 5.74) is 2.26. The molecule has 0 fully saturated rings. The molecule has 0 saturated heterocycles. The molecule has 3 nitrogen and oxygen atoms in total. The van der Waals surface area contributed by atoms with E-state index >= 15 is 0 Å². The fourth-order valence-corrected chi connectivity index (χ4v) is 2.62. The molecule has 0 bridgehead atoms. The monoisotopic (exact) mass is 245 g/mol. The molecule has 0 aliphatic heterocycles. The third kappa shape index (κ3) is 2.75. The van der Waals surface area contributed by atoms with E-state index in [9.17, 15) is 0 Å². The van der Waals surface area contributed by atoms with Crippen LogP contribution >= 0.6 is 11.3 Å². The summed E-state index contributed by atoms with van der Waals surface area (Å²) in [6.07, 6.45) is 9.80. The molecule has 2 aromatic rings. The molecule has 4 heteroatoms. The van der Waals surface area contributed by atoms with Gasteiger partial charge in [-0.3, -0.25) is 0 Å². The zero-order chi connectivity index (χ0) is 12.1. The molecule has 0 spiro atoms. The molecule has 0 aliphatic rings. The Bertz CT molecular complexity index is 539. The van der Waals surface area contributed by atoms with Crippen LogP contribution < -0.4 is 5.32 Å². The van der Waals surface area contributed by atoms with Crippen LogP contribution in [0.2, 0.25) is 0 Å². The summed E-state index contributed by atoms with van der Waals surface area (Å²) in [4.78, 5) is 8.58. The lowest BCUT2D eigenvalue weighted by molar-refractivity contribution is 0.788. The average Bonchev–Trinajstić information content (AvgIpc) is 2.72. The van der Waals surface area contributed by atoms with Crippen LogP contribution in [0.25, 0.3) is 10.2 Å². The van der Waals surface area contributed by atoms with Gasteiger partial charge in [0.05, 0.1) is 10.2 Å². The van der Waals surface area contributed by atoms with E-state index in [0.717, 1.165) is 41.8 Å². The predicted molar refractivity (Wildman–Crippen MR) is 73.3 cm³/mol. The molecule has 2 rings (SSSR count). The molecule has 17 heavy (non-hydrogen) atoms. The van der Waals surface area contributed by atoms with Crippen molar-refractivity contribution < 1.29 is 0 Å². The van der Waals surface area contributed by atoms with Crippen molar-refractivity contribution in [1.29, 1.82) is 0 Å². The number of rotatable bonds is 5. The van der Waals surface area contributed by atoms with Crippen molar-refractivity contribution in [3.8, 4) is 12.3 Å². The number of hydrogen-bond donors (Lipinski definition) is 1. The minimum atomic E-state index is 0.846. The largest absolute Gasteiger partial charge is 0.369 e. The van der Waals surface area contributed by atoms with Crippen LogP contribution in [-0.4, -0.2) is 16.5 Å². The zero-order valence-corrected chi connectivity index (χ0v) is 10.7. The Labute approximate surface area is 105 Å². The van der Waals surface area contributed by atoms with Crippen LogP contribution in [0.15, 0.2) is 11.7 Å². The summed E-state index contributed by atoms with van der Waals surface area (Å²) < 4.78 is 1.14. The maximum absolute atomic E-state index is 5.21. The zero-order valence-electron chi connectivity index (χ0n) is 9.86. The van der Waals surface area contributed by atoms with Gasteiger partial charge in [-0.1, -0.05) is 0 Å². The summed E-state index contributed by atoms with van der Waals surface area (Å²) >= 11 is 1.69. The van der Waals surface area contributed by atoms with Crippen molar-refractivity contribution >= 4 is 27.4 Å². The van der Waals surface area contributed by atoms with Gasteiger partial charge in [0.15, 0.2) is 0 Å².